The van der Waals surface area contributed by atoms with E-state index in [1.807, 2.05) is 36.4 Å². The topological polar surface area (TPSA) is 72.8 Å². The number of aliphatic hydroxyl groups excluding tert-OH is 1. The fourth-order valence-corrected chi connectivity index (χ4v) is 1.61. The lowest BCUT2D eigenvalue weighted by molar-refractivity contribution is -0.140. The van der Waals surface area contributed by atoms with Crippen LogP contribution in [0.15, 0.2) is 61.7 Å². The van der Waals surface area contributed by atoms with Crippen LogP contribution in [0.4, 0.5) is 0 Å². The van der Waals surface area contributed by atoms with Crippen molar-refractivity contribution in [2.75, 3.05) is 19.8 Å². The molecule has 5 heteroatoms. The molecule has 0 spiro atoms. The summed E-state index contributed by atoms with van der Waals surface area (Å²) in [6, 6.07) is 10.0. The first kappa shape index (κ1) is 27.6. The molecule has 0 heterocycles. The van der Waals surface area contributed by atoms with Gasteiger partial charge in [0.05, 0.1) is 13.2 Å². The fraction of sp³-hybridized carbons (Fsp3) is 0.391. The number of unbranched alkanes of at least 4 members (excludes halogenated alkanes) is 3. The molecule has 0 saturated heterocycles. The number of esters is 2. The van der Waals surface area contributed by atoms with Crippen LogP contribution in [0.2, 0.25) is 0 Å². The fourth-order valence-electron chi connectivity index (χ4n) is 1.61. The van der Waals surface area contributed by atoms with Crippen molar-refractivity contribution in [3.63, 3.8) is 0 Å². The molecule has 0 fully saturated rings. The third kappa shape index (κ3) is 19.7. The van der Waals surface area contributed by atoms with Gasteiger partial charge in [0.2, 0.25) is 0 Å². The van der Waals surface area contributed by atoms with E-state index in [2.05, 4.69) is 31.4 Å². The molecule has 0 radical (unpaired) electrons. The second-order valence-electron chi connectivity index (χ2n) is 5.69. The summed E-state index contributed by atoms with van der Waals surface area (Å²) in [7, 11) is 0. The van der Waals surface area contributed by atoms with Crippen molar-refractivity contribution in [1.82, 2.24) is 0 Å². The van der Waals surface area contributed by atoms with Gasteiger partial charge in [0.15, 0.2) is 0 Å². The summed E-state index contributed by atoms with van der Waals surface area (Å²) in [5.74, 6) is -0.773. The Kier molecular flexibility index (Phi) is 20.3. The van der Waals surface area contributed by atoms with Gasteiger partial charge in [-0.1, -0.05) is 82.3 Å². The van der Waals surface area contributed by atoms with E-state index >= 15 is 0 Å². The predicted molar refractivity (Wildman–Crippen MR) is 115 cm³/mol. The van der Waals surface area contributed by atoms with Crippen LogP contribution < -0.4 is 0 Å². The van der Waals surface area contributed by atoms with Crippen LogP contribution >= 0.6 is 0 Å². The van der Waals surface area contributed by atoms with Crippen LogP contribution in [0.25, 0.3) is 6.08 Å². The predicted octanol–water partition coefficient (Wildman–Crippen LogP) is 4.72. The number of ether oxygens (including phenoxy) is 2. The maximum absolute atomic E-state index is 10.5. The summed E-state index contributed by atoms with van der Waals surface area (Å²) in [4.78, 5) is 21.0. The Hall–Kier alpha value is -2.66. The van der Waals surface area contributed by atoms with Crippen LogP contribution in [-0.2, 0) is 19.1 Å². The van der Waals surface area contributed by atoms with Crippen LogP contribution in [0.1, 0.15) is 45.1 Å². The summed E-state index contributed by atoms with van der Waals surface area (Å²) in [5.41, 5.74) is 1.52. The number of carbonyl (C=O) groups excluding carboxylic acids is 2. The van der Waals surface area contributed by atoms with E-state index in [0.717, 1.165) is 12.8 Å². The molecule has 156 valence electrons. The summed E-state index contributed by atoms with van der Waals surface area (Å²) < 4.78 is 9.24. The Balaban J connectivity index is 0. The quantitative estimate of drug-likeness (QED) is 0.355. The molecule has 0 bridgehead atoms. The molecule has 0 aliphatic carbocycles. The molecular weight excluding hydrogens is 356 g/mol. The molecule has 0 aliphatic heterocycles. The first-order valence-electron chi connectivity index (χ1n) is 9.33. The Labute approximate surface area is 169 Å². The monoisotopic (exact) mass is 390 g/mol. The van der Waals surface area contributed by atoms with Gasteiger partial charge >= 0.3 is 11.9 Å². The Bertz CT molecular complexity index is 564. The van der Waals surface area contributed by atoms with Gasteiger partial charge in [-0.25, -0.2) is 9.59 Å². The summed E-state index contributed by atoms with van der Waals surface area (Å²) in [5, 5.41) is 8.19. The van der Waals surface area contributed by atoms with Gasteiger partial charge in [0, 0.05) is 11.6 Å². The third-order valence-electron chi connectivity index (χ3n) is 3.12. The van der Waals surface area contributed by atoms with Crippen molar-refractivity contribution in [2.45, 2.75) is 39.5 Å². The second kappa shape index (κ2) is 20.6. The summed E-state index contributed by atoms with van der Waals surface area (Å²) >= 11 is 0. The van der Waals surface area contributed by atoms with Gasteiger partial charge < -0.3 is 14.6 Å². The molecule has 0 unspecified atom stereocenters. The smallest absolute Gasteiger partial charge is 0.333 e. The molecule has 1 N–H and O–H groups in total. The van der Waals surface area contributed by atoms with E-state index in [4.69, 9.17) is 9.84 Å². The molecule has 0 atom stereocenters. The lowest BCUT2D eigenvalue weighted by atomic mass is 10.2. The van der Waals surface area contributed by atoms with Crippen molar-refractivity contribution in [2.24, 2.45) is 0 Å². The Morgan fingerprint density at radius 2 is 1.68 bits per heavy atom. The zero-order valence-electron chi connectivity index (χ0n) is 17.2. The lowest BCUT2D eigenvalue weighted by Gasteiger charge is -1.99. The van der Waals surface area contributed by atoms with Crippen molar-refractivity contribution >= 4 is 18.0 Å². The van der Waals surface area contributed by atoms with Crippen molar-refractivity contribution < 1.29 is 24.2 Å². The number of hydrogen-bond acceptors (Lipinski definition) is 5. The molecule has 1 aromatic rings. The zero-order valence-corrected chi connectivity index (χ0v) is 17.2. The molecule has 1 aromatic carbocycles. The molecule has 0 aromatic heterocycles. The second-order valence-corrected chi connectivity index (χ2v) is 5.69. The SMILES string of the molecule is C=C(C)C(=O)OCCO.C=CC(=O)OCCCCCC.C=Cc1ccccc1. The summed E-state index contributed by atoms with van der Waals surface area (Å²) in [6.07, 6.45) is 7.55. The highest BCUT2D eigenvalue weighted by Crippen LogP contribution is 1.99. The molecule has 1 rings (SSSR count). The highest BCUT2D eigenvalue weighted by Gasteiger charge is 1.99. The van der Waals surface area contributed by atoms with E-state index in [9.17, 15) is 9.59 Å². The standard InChI is InChI=1S/C9H16O2.C8H8.C6H10O3/c1-3-5-6-7-8-11-9(10)4-2;1-2-8-6-4-3-5-7-8;1-5(2)6(8)9-4-3-7/h4H,2-3,5-8H2,1H3;2-7H,1H2;7H,1,3-4H2,2H3. The maximum atomic E-state index is 10.5. The van der Waals surface area contributed by atoms with Gasteiger partial charge in [0.1, 0.15) is 6.61 Å². The lowest BCUT2D eigenvalue weighted by Crippen LogP contribution is -2.08. The molecule has 0 saturated carbocycles. The average molecular weight is 391 g/mol. The first-order valence-corrected chi connectivity index (χ1v) is 9.33. The van der Waals surface area contributed by atoms with E-state index < -0.39 is 5.97 Å². The van der Waals surface area contributed by atoms with Crippen molar-refractivity contribution in [3.8, 4) is 0 Å². The number of carbonyl (C=O) groups is 2. The number of aliphatic hydroxyl groups is 1. The molecule has 0 aliphatic rings. The van der Waals surface area contributed by atoms with E-state index in [0.29, 0.717) is 12.2 Å². The first-order chi connectivity index (χ1) is 13.4. The number of hydrogen-bond donors (Lipinski definition) is 1. The minimum absolute atomic E-state index is 0.0473. The Morgan fingerprint density at radius 1 is 1.04 bits per heavy atom. The molecular formula is C23H34O5. The minimum atomic E-state index is -0.455. The van der Waals surface area contributed by atoms with Gasteiger partial charge in [-0.3, -0.25) is 0 Å². The zero-order chi connectivity index (χ0) is 21.6. The van der Waals surface area contributed by atoms with Crippen LogP contribution in [0.3, 0.4) is 0 Å². The molecule has 28 heavy (non-hydrogen) atoms. The van der Waals surface area contributed by atoms with Crippen molar-refractivity contribution in [3.05, 3.63) is 67.3 Å². The molecule has 0 amide bonds. The van der Waals surface area contributed by atoms with Crippen LogP contribution in [0, 0.1) is 0 Å². The largest absolute Gasteiger partial charge is 0.463 e. The number of benzene rings is 1. The third-order valence-corrected chi connectivity index (χ3v) is 3.12. The van der Waals surface area contributed by atoms with Crippen LogP contribution in [0.5, 0.6) is 0 Å². The van der Waals surface area contributed by atoms with E-state index in [1.165, 1.54) is 24.5 Å². The highest BCUT2D eigenvalue weighted by atomic mass is 16.5. The van der Waals surface area contributed by atoms with Crippen molar-refractivity contribution in [1.29, 1.82) is 0 Å². The van der Waals surface area contributed by atoms with Gasteiger partial charge in [-0.2, -0.15) is 0 Å². The van der Waals surface area contributed by atoms with E-state index in [-0.39, 0.29) is 19.2 Å². The van der Waals surface area contributed by atoms with Gasteiger partial charge in [0.25, 0.3) is 0 Å². The van der Waals surface area contributed by atoms with Gasteiger partial charge in [-0.05, 0) is 18.9 Å². The van der Waals surface area contributed by atoms with E-state index in [1.54, 1.807) is 6.92 Å². The maximum Gasteiger partial charge on any atom is 0.333 e. The normalized spacial score (nSPS) is 8.82. The number of rotatable bonds is 10. The summed E-state index contributed by atoms with van der Waals surface area (Å²) in [6.45, 7) is 14.4. The van der Waals surface area contributed by atoms with Gasteiger partial charge in [-0.15, -0.1) is 0 Å². The van der Waals surface area contributed by atoms with Crippen LogP contribution in [-0.4, -0.2) is 36.9 Å². The molecule has 5 nitrogen and oxygen atoms in total. The average Bonchev–Trinajstić information content (AvgIpc) is 2.73. The minimum Gasteiger partial charge on any atom is -0.463 e. The highest BCUT2D eigenvalue weighted by molar-refractivity contribution is 5.86. The Morgan fingerprint density at radius 3 is 2.11 bits per heavy atom.